The van der Waals surface area contributed by atoms with Crippen molar-refractivity contribution in [1.29, 1.82) is 0 Å². The molecule has 4 saturated carbocycles. The molecule has 4 aliphatic rings. The van der Waals surface area contributed by atoms with Gasteiger partial charge in [-0.1, -0.05) is 12.8 Å². The predicted molar refractivity (Wildman–Crippen MR) is 99.4 cm³/mol. The summed E-state index contributed by atoms with van der Waals surface area (Å²) in [4.78, 5) is 29.4. The van der Waals surface area contributed by atoms with Crippen molar-refractivity contribution in [2.24, 2.45) is 35.5 Å². The van der Waals surface area contributed by atoms with Gasteiger partial charge < -0.3 is 10.6 Å². The minimum absolute atomic E-state index is 0.121. The van der Waals surface area contributed by atoms with Gasteiger partial charge in [0, 0.05) is 11.8 Å². The monoisotopic (exact) mass is 353 g/mol. The van der Waals surface area contributed by atoms with Crippen LogP contribution in [-0.2, 0) is 9.59 Å². The minimum Gasteiger partial charge on any atom is -0.324 e. The van der Waals surface area contributed by atoms with E-state index in [1.807, 2.05) is 6.07 Å². The van der Waals surface area contributed by atoms with Crippen molar-refractivity contribution in [3.8, 4) is 0 Å². The van der Waals surface area contributed by atoms with Crippen LogP contribution in [-0.4, -0.2) is 16.8 Å². The second-order valence-electron chi connectivity index (χ2n) is 9.00. The number of fused-ring (bicyclic) bond motifs is 4. The zero-order chi connectivity index (χ0) is 17.7. The van der Waals surface area contributed by atoms with Crippen LogP contribution in [0.25, 0.3) is 0 Å². The fraction of sp³-hybridized carbons (Fsp3) is 0.667. The molecule has 2 amide bonds. The van der Waals surface area contributed by atoms with Crippen molar-refractivity contribution in [3.63, 3.8) is 0 Å². The van der Waals surface area contributed by atoms with Crippen LogP contribution in [0.2, 0.25) is 0 Å². The highest BCUT2D eigenvalue weighted by Crippen LogP contribution is 2.49. The van der Waals surface area contributed by atoms with Gasteiger partial charge >= 0.3 is 0 Å². The maximum absolute atomic E-state index is 12.6. The van der Waals surface area contributed by atoms with Gasteiger partial charge in [-0.05, 0) is 68.3 Å². The number of hydrogen-bond acceptors (Lipinski definition) is 3. The van der Waals surface area contributed by atoms with E-state index in [4.69, 9.17) is 0 Å². The number of amides is 2. The number of nitrogens with one attached hydrogen (secondary N) is 2. The minimum atomic E-state index is 0.121. The number of carbonyl (C=O) groups excluding carboxylic acids is 2. The Morgan fingerprint density at radius 1 is 0.769 bits per heavy atom. The number of anilines is 2. The molecule has 5 nitrogen and oxygen atoms in total. The highest BCUT2D eigenvalue weighted by atomic mass is 16.2. The van der Waals surface area contributed by atoms with Crippen LogP contribution >= 0.6 is 0 Å². The van der Waals surface area contributed by atoms with Gasteiger partial charge in [-0.3, -0.25) is 14.6 Å². The summed E-state index contributed by atoms with van der Waals surface area (Å²) in [5.74, 6) is 3.18. The molecule has 1 heterocycles. The Morgan fingerprint density at radius 3 is 1.65 bits per heavy atom. The quantitative estimate of drug-likeness (QED) is 0.864. The van der Waals surface area contributed by atoms with E-state index in [1.54, 1.807) is 12.4 Å². The second-order valence-corrected chi connectivity index (χ2v) is 9.00. The number of aromatic nitrogens is 1. The smallest absolute Gasteiger partial charge is 0.227 e. The van der Waals surface area contributed by atoms with Crippen LogP contribution < -0.4 is 10.6 Å². The van der Waals surface area contributed by atoms with Crippen LogP contribution in [0.5, 0.6) is 0 Å². The van der Waals surface area contributed by atoms with Gasteiger partial charge in [0.2, 0.25) is 11.8 Å². The van der Waals surface area contributed by atoms with Crippen LogP contribution in [0.3, 0.4) is 0 Å². The molecule has 4 fully saturated rings. The van der Waals surface area contributed by atoms with Crippen molar-refractivity contribution in [1.82, 2.24) is 4.98 Å². The van der Waals surface area contributed by atoms with E-state index >= 15 is 0 Å². The molecule has 6 unspecified atom stereocenters. The van der Waals surface area contributed by atoms with E-state index in [0.29, 0.717) is 23.2 Å². The lowest BCUT2D eigenvalue weighted by molar-refractivity contribution is -0.122. The lowest BCUT2D eigenvalue weighted by Gasteiger charge is -2.21. The third kappa shape index (κ3) is 2.91. The van der Waals surface area contributed by atoms with E-state index in [0.717, 1.165) is 24.7 Å². The molecule has 0 saturated heterocycles. The van der Waals surface area contributed by atoms with E-state index in [1.165, 1.54) is 38.5 Å². The lowest BCUT2D eigenvalue weighted by atomic mass is 9.88. The highest BCUT2D eigenvalue weighted by Gasteiger charge is 2.44. The third-order valence-corrected chi connectivity index (χ3v) is 7.42. The fourth-order valence-corrected chi connectivity index (χ4v) is 6.18. The van der Waals surface area contributed by atoms with Gasteiger partial charge in [0.05, 0.1) is 23.8 Å². The molecular weight excluding hydrogens is 326 g/mol. The van der Waals surface area contributed by atoms with E-state index in [9.17, 15) is 9.59 Å². The summed E-state index contributed by atoms with van der Waals surface area (Å²) in [5.41, 5.74) is 1.37. The van der Waals surface area contributed by atoms with Gasteiger partial charge in [-0.2, -0.15) is 0 Å². The Bertz CT molecular complexity index is 676. The molecule has 138 valence electrons. The van der Waals surface area contributed by atoms with Crippen LogP contribution in [0.15, 0.2) is 18.5 Å². The molecule has 0 aromatic carbocycles. The van der Waals surface area contributed by atoms with Crippen molar-refractivity contribution in [3.05, 3.63) is 18.5 Å². The first-order valence-electron chi connectivity index (χ1n) is 10.2. The first kappa shape index (κ1) is 16.3. The van der Waals surface area contributed by atoms with Crippen molar-refractivity contribution in [2.45, 2.75) is 51.4 Å². The van der Waals surface area contributed by atoms with Gasteiger partial charge in [0.15, 0.2) is 0 Å². The van der Waals surface area contributed by atoms with Gasteiger partial charge in [0.25, 0.3) is 0 Å². The molecule has 0 spiro atoms. The third-order valence-electron chi connectivity index (χ3n) is 7.42. The topological polar surface area (TPSA) is 71.1 Å². The largest absolute Gasteiger partial charge is 0.324 e. The summed E-state index contributed by atoms with van der Waals surface area (Å²) in [6, 6.07) is 1.84. The van der Waals surface area contributed by atoms with Gasteiger partial charge in [0.1, 0.15) is 0 Å². The summed E-state index contributed by atoms with van der Waals surface area (Å²) < 4.78 is 0. The zero-order valence-electron chi connectivity index (χ0n) is 15.1. The first-order chi connectivity index (χ1) is 12.7. The average molecular weight is 353 g/mol. The number of nitrogens with zero attached hydrogens (tertiary/aromatic N) is 1. The molecule has 0 aliphatic heterocycles. The summed E-state index contributed by atoms with van der Waals surface area (Å²) in [6.45, 7) is 0. The van der Waals surface area contributed by atoms with Crippen molar-refractivity contribution in [2.75, 3.05) is 10.6 Å². The maximum atomic E-state index is 12.6. The SMILES string of the molecule is O=C(Nc1cncc(NC(=O)C2CC3CCC2C3)c1)C1CC2CCC1C2. The molecule has 5 heteroatoms. The summed E-state index contributed by atoms with van der Waals surface area (Å²) in [6.07, 6.45) is 12.8. The summed E-state index contributed by atoms with van der Waals surface area (Å²) in [5, 5.41) is 6.05. The van der Waals surface area contributed by atoms with E-state index < -0.39 is 0 Å². The molecule has 1 aromatic heterocycles. The van der Waals surface area contributed by atoms with Gasteiger partial charge in [-0.25, -0.2) is 0 Å². The van der Waals surface area contributed by atoms with E-state index in [2.05, 4.69) is 15.6 Å². The Balaban J connectivity index is 1.21. The Labute approximate surface area is 154 Å². The molecule has 0 radical (unpaired) electrons. The molecule has 6 atom stereocenters. The normalized spacial score (nSPS) is 37.1. The van der Waals surface area contributed by atoms with Crippen LogP contribution in [0.4, 0.5) is 11.4 Å². The van der Waals surface area contributed by atoms with Gasteiger partial charge in [-0.15, -0.1) is 0 Å². The van der Waals surface area contributed by atoms with E-state index in [-0.39, 0.29) is 23.7 Å². The van der Waals surface area contributed by atoms with Crippen LogP contribution in [0, 0.1) is 35.5 Å². The average Bonchev–Trinajstić information content (AvgIpc) is 3.42. The molecular formula is C21H27N3O2. The number of pyridine rings is 1. The molecule has 4 aliphatic carbocycles. The maximum Gasteiger partial charge on any atom is 0.227 e. The molecule has 2 N–H and O–H groups in total. The Morgan fingerprint density at radius 2 is 1.27 bits per heavy atom. The number of hydrogen-bond donors (Lipinski definition) is 2. The second kappa shape index (κ2) is 6.36. The van der Waals surface area contributed by atoms with Crippen molar-refractivity contribution < 1.29 is 9.59 Å². The Hall–Kier alpha value is -1.91. The van der Waals surface area contributed by atoms with Crippen molar-refractivity contribution >= 4 is 23.2 Å². The standard InChI is InChI=1S/C21H27N3O2/c25-20(18-7-12-1-3-14(18)5-12)23-16-9-17(11-22-10-16)24-21(26)19-8-13-2-4-15(19)6-13/h9-15,18-19H,1-8H2,(H,23,25)(H,24,26). The summed E-state index contributed by atoms with van der Waals surface area (Å²) in [7, 11) is 0. The number of rotatable bonds is 4. The molecule has 1 aromatic rings. The van der Waals surface area contributed by atoms with Crippen LogP contribution in [0.1, 0.15) is 51.4 Å². The molecule has 26 heavy (non-hydrogen) atoms. The first-order valence-corrected chi connectivity index (χ1v) is 10.2. The lowest BCUT2D eigenvalue weighted by Crippen LogP contribution is -2.28. The Kier molecular flexibility index (Phi) is 3.98. The fourth-order valence-electron chi connectivity index (χ4n) is 6.18. The predicted octanol–water partition coefficient (Wildman–Crippen LogP) is 3.83. The molecule has 4 bridgehead atoms. The molecule has 5 rings (SSSR count). The number of carbonyl (C=O) groups is 2. The zero-order valence-corrected chi connectivity index (χ0v) is 15.1. The summed E-state index contributed by atoms with van der Waals surface area (Å²) >= 11 is 0. The highest BCUT2D eigenvalue weighted by molar-refractivity contribution is 5.95.